The molecule has 0 bridgehead atoms. The summed E-state index contributed by atoms with van der Waals surface area (Å²) in [5.41, 5.74) is 3.77. The number of aryl methyl sites for hydroxylation is 2. The summed E-state index contributed by atoms with van der Waals surface area (Å²) < 4.78 is 41.4. The van der Waals surface area contributed by atoms with Crippen molar-refractivity contribution in [3.8, 4) is 5.75 Å². The van der Waals surface area contributed by atoms with Crippen LogP contribution in [0.2, 0.25) is 0 Å². The van der Waals surface area contributed by atoms with Crippen LogP contribution in [0.4, 0.5) is 8.78 Å². The number of hydrogen-bond donors (Lipinski definition) is 1. The second-order valence-electron chi connectivity index (χ2n) is 5.37. The Labute approximate surface area is 140 Å². The average molecular weight is 351 g/mol. The molecule has 0 aliphatic heterocycles. The van der Waals surface area contributed by atoms with E-state index in [1.165, 1.54) is 12.1 Å². The fourth-order valence-electron chi connectivity index (χ4n) is 2.33. The maximum Gasteiger partial charge on any atom is 0.387 e. The number of nitrogens with one attached hydrogen (secondary N) is 1. The molecular formula is C16H15F2N3O2S. The standard InChI is InChI=1S/C16H15F2N3O2S/c1-9-5-10(2)14(19-7-9)8-24(22)16-20-12-4-3-11(23-15(17)18)6-13(12)21-16/h3-7,15H,8H2,1-2H3,(H,20,21). The molecule has 0 aliphatic carbocycles. The molecule has 24 heavy (non-hydrogen) atoms. The Hall–Kier alpha value is -2.19. The van der Waals surface area contributed by atoms with Gasteiger partial charge in [-0.2, -0.15) is 13.8 Å². The first-order valence-corrected chi connectivity index (χ1v) is 8.49. The van der Waals surface area contributed by atoms with Crippen molar-refractivity contribution in [3.05, 3.63) is 47.3 Å². The number of aromatic amines is 1. The summed E-state index contributed by atoms with van der Waals surface area (Å²) in [6.07, 6.45) is 1.73. The number of halogens is 2. The molecular weight excluding hydrogens is 336 g/mol. The summed E-state index contributed by atoms with van der Waals surface area (Å²) in [4.78, 5) is 11.5. The Bertz CT molecular complexity index is 870. The van der Waals surface area contributed by atoms with Crippen LogP contribution in [0.15, 0.2) is 35.6 Å². The van der Waals surface area contributed by atoms with E-state index in [9.17, 15) is 13.3 Å². The first-order chi connectivity index (χ1) is 11.4. The van der Waals surface area contributed by atoms with Gasteiger partial charge >= 0.3 is 11.8 Å². The van der Waals surface area contributed by atoms with Crippen molar-refractivity contribution in [2.45, 2.75) is 31.4 Å². The SMILES string of the molecule is Cc1cnc(C[S+]([O-])c2nc3cc(OC(F)F)ccc3[nH]2)c(C)c1. The number of ether oxygens (including phenoxy) is 1. The monoisotopic (exact) mass is 351 g/mol. The number of fused-ring (bicyclic) bond motifs is 1. The summed E-state index contributed by atoms with van der Waals surface area (Å²) >= 11 is -1.42. The van der Waals surface area contributed by atoms with Crippen molar-refractivity contribution in [2.24, 2.45) is 0 Å². The van der Waals surface area contributed by atoms with Crippen molar-refractivity contribution in [1.82, 2.24) is 15.0 Å². The molecule has 0 fully saturated rings. The fourth-order valence-corrected chi connectivity index (χ4v) is 3.44. The molecule has 0 radical (unpaired) electrons. The number of pyridine rings is 1. The van der Waals surface area contributed by atoms with Crippen LogP contribution in [-0.4, -0.2) is 26.1 Å². The van der Waals surface area contributed by atoms with E-state index in [4.69, 9.17) is 0 Å². The van der Waals surface area contributed by atoms with E-state index in [0.717, 1.165) is 16.8 Å². The molecule has 0 saturated carbocycles. The average Bonchev–Trinajstić information content (AvgIpc) is 2.92. The number of nitrogens with zero attached hydrogens (tertiary/aromatic N) is 2. The van der Waals surface area contributed by atoms with E-state index < -0.39 is 17.8 Å². The van der Waals surface area contributed by atoms with Crippen molar-refractivity contribution in [3.63, 3.8) is 0 Å². The highest BCUT2D eigenvalue weighted by atomic mass is 32.2. The number of aromatic nitrogens is 3. The first kappa shape index (κ1) is 16.7. The topological polar surface area (TPSA) is 73.9 Å². The lowest BCUT2D eigenvalue weighted by molar-refractivity contribution is -0.0497. The zero-order valence-electron chi connectivity index (χ0n) is 13.0. The van der Waals surface area contributed by atoms with Gasteiger partial charge in [-0.3, -0.25) is 9.97 Å². The van der Waals surface area contributed by atoms with E-state index >= 15 is 0 Å². The first-order valence-electron chi connectivity index (χ1n) is 7.17. The smallest absolute Gasteiger partial charge is 0.387 e. The Morgan fingerprint density at radius 2 is 2.08 bits per heavy atom. The molecule has 3 aromatic rings. The van der Waals surface area contributed by atoms with E-state index in [-0.39, 0.29) is 16.7 Å². The van der Waals surface area contributed by atoms with Gasteiger partial charge in [0.2, 0.25) is 0 Å². The van der Waals surface area contributed by atoms with Crippen LogP contribution >= 0.6 is 0 Å². The van der Waals surface area contributed by atoms with Crippen LogP contribution in [0.5, 0.6) is 5.75 Å². The third-order valence-corrected chi connectivity index (χ3v) is 4.63. The molecule has 0 spiro atoms. The Balaban J connectivity index is 1.83. The lowest BCUT2D eigenvalue weighted by Crippen LogP contribution is -2.09. The second kappa shape index (κ2) is 6.74. The molecule has 3 rings (SSSR count). The summed E-state index contributed by atoms with van der Waals surface area (Å²) in [5, 5.41) is 0.279. The molecule has 1 atom stereocenters. The molecule has 1 aromatic carbocycles. The van der Waals surface area contributed by atoms with Gasteiger partial charge in [-0.1, -0.05) is 6.07 Å². The van der Waals surface area contributed by atoms with Gasteiger partial charge < -0.3 is 9.29 Å². The summed E-state index contributed by atoms with van der Waals surface area (Å²) in [6, 6.07) is 6.33. The number of rotatable bonds is 5. The van der Waals surface area contributed by atoms with E-state index in [0.29, 0.717) is 11.0 Å². The Kier molecular flexibility index (Phi) is 4.68. The second-order valence-corrected chi connectivity index (χ2v) is 6.73. The Morgan fingerprint density at radius 3 is 2.79 bits per heavy atom. The van der Waals surface area contributed by atoms with Crippen LogP contribution in [-0.2, 0) is 16.9 Å². The summed E-state index contributed by atoms with van der Waals surface area (Å²) in [5.74, 6) is 0.240. The number of alkyl halides is 2. The Morgan fingerprint density at radius 1 is 1.29 bits per heavy atom. The fraction of sp³-hybridized carbons (Fsp3) is 0.250. The molecule has 2 aromatic heterocycles. The van der Waals surface area contributed by atoms with E-state index in [1.807, 2.05) is 19.9 Å². The van der Waals surface area contributed by atoms with Gasteiger partial charge in [-0.05, 0) is 37.1 Å². The normalized spacial score (nSPS) is 12.8. The molecule has 1 unspecified atom stereocenters. The third kappa shape index (κ3) is 3.65. The van der Waals surface area contributed by atoms with Crippen molar-refractivity contribution in [2.75, 3.05) is 0 Å². The van der Waals surface area contributed by atoms with E-state index in [1.54, 1.807) is 12.3 Å². The number of H-pyrrole nitrogens is 1. The maximum atomic E-state index is 12.5. The zero-order valence-corrected chi connectivity index (χ0v) is 13.9. The third-order valence-electron chi connectivity index (χ3n) is 3.46. The van der Waals surface area contributed by atoms with Crippen molar-refractivity contribution in [1.29, 1.82) is 0 Å². The highest BCUT2D eigenvalue weighted by Gasteiger charge is 2.19. The number of benzene rings is 1. The highest BCUT2D eigenvalue weighted by molar-refractivity contribution is 7.90. The largest absolute Gasteiger partial charge is 0.609 e. The molecule has 5 nitrogen and oxygen atoms in total. The van der Waals surface area contributed by atoms with Crippen molar-refractivity contribution >= 4 is 22.2 Å². The molecule has 0 saturated heterocycles. The van der Waals surface area contributed by atoms with Crippen LogP contribution < -0.4 is 4.74 Å². The predicted molar refractivity (Wildman–Crippen MR) is 86.5 cm³/mol. The van der Waals surface area contributed by atoms with Gasteiger partial charge in [0.25, 0.3) is 0 Å². The molecule has 126 valence electrons. The summed E-state index contributed by atoms with van der Waals surface area (Å²) in [7, 11) is 0. The molecule has 2 heterocycles. The lowest BCUT2D eigenvalue weighted by atomic mass is 10.2. The van der Waals surface area contributed by atoms with Gasteiger partial charge in [0.1, 0.15) is 5.75 Å². The van der Waals surface area contributed by atoms with Crippen LogP contribution in [0.1, 0.15) is 16.8 Å². The van der Waals surface area contributed by atoms with Crippen molar-refractivity contribution < 1.29 is 18.1 Å². The zero-order chi connectivity index (χ0) is 17.3. The van der Waals surface area contributed by atoms with Gasteiger partial charge in [-0.25, -0.2) is 0 Å². The van der Waals surface area contributed by atoms with E-state index in [2.05, 4.69) is 19.7 Å². The minimum Gasteiger partial charge on any atom is -0.609 e. The minimum atomic E-state index is -2.90. The minimum absolute atomic E-state index is 0.0115. The maximum absolute atomic E-state index is 12.5. The van der Waals surface area contributed by atoms with Gasteiger partial charge in [0, 0.05) is 23.4 Å². The number of hydrogen-bond acceptors (Lipinski definition) is 4. The molecule has 1 N–H and O–H groups in total. The number of imidazole rings is 1. The predicted octanol–water partition coefficient (Wildman–Crippen LogP) is 3.48. The molecule has 0 amide bonds. The van der Waals surface area contributed by atoms with Crippen LogP contribution in [0.3, 0.4) is 0 Å². The lowest BCUT2D eigenvalue weighted by Gasteiger charge is -2.08. The van der Waals surface area contributed by atoms with Gasteiger partial charge in [0.05, 0.1) is 16.7 Å². The quantitative estimate of drug-likeness (QED) is 0.714. The van der Waals surface area contributed by atoms with Crippen LogP contribution in [0.25, 0.3) is 11.0 Å². The van der Waals surface area contributed by atoms with Crippen LogP contribution in [0, 0.1) is 13.8 Å². The van der Waals surface area contributed by atoms with Gasteiger partial charge in [-0.15, -0.1) is 0 Å². The highest BCUT2D eigenvalue weighted by Crippen LogP contribution is 2.23. The molecule has 8 heteroatoms. The molecule has 0 aliphatic rings. The van der Waals surface area contributed by atoms with Gasteiger partial charge in [0.15, 0.2) is 5.75 Å². The summed E-state index contributed by atoms with van der Waals surface area (Å²) in [6.45, 7) is 0.962.